The number of ether oxygens (including phenoxy) is 1. The van der Waals surface area contributed by atoms with Crippen LogP contribution in [0.1, 0.15) is 19.4 Å². The van der Waals surface area contributed by atoms with Gasteiger partial charge >= 0.3 is 5.97 Å². The van der Waals surface area contributed by atoms with Gasteiger partial charge < -0.3 is 10.1 Å². The van der Waals surface area contributed by atoms with Crippen LogP contribution in [0.2, 0.25) is 0 Å². The molecule has 19 heavy (non-hydrogen) atoms. The van der Waals surface area contributed by atoms with Gasteiger partial charge in [-0.1, -0.05) is 19.9 Å². The molecule has 0 saturated heterocycles. The SMILES string of the molecule is COC(=O)C(Nc1cccc([N+](=O)[O-])c1C)C(C)C. The highest BCUT2D eigenvalue weighted by atomic mass is 16.6. The average molecular weight is 266 g/mol. The summed E-state index contributed by atoms with van der Waals surface area (Å²) in [6.07, 6.45) is 0. The highest BCUT2D eigenvalue weighted by Crippen LogP contribution is 2.26. The van der Waals surface area contributed by atoms with Gasteiger partial charge in [-0.15, -0.1) is 0 Å². The molecule has 1 atom stereocenters. The van der Waals surface area contributed by atoms with E-state index in [0.717, 1.165) is 0 Å². The van der Waals surface area contributed by atoms with Gasteiger partial charge in [-0.3, -0.25) is 10.1 Å². The maximum Gasteiger partial charge on any atom is 0.328 e. The third-order valence-electron chi connectivity index (χ3n) is 2.93. The first-order chi connectivity index (χ1) is 8.88. The number of hydrogen-bond donors (Lipinski definition) is 1. The van der Waals surface area contributed by atoms with Crippen LogP contribution in [0.15, 0.2) is 18.2 Å². The number of nitro groups is 1. The summed E-state index contributed by atoms with van der Waals surface area (Å²) in [5.74, 6) is -0.382. The van der Waals surface area contributed by atoms with E-state index in [1.807, 2.05) is 13.8 Å². The van der Waals surface area contributed by atoms with Crippen molar-refractivity contribution in [2.75, 3.05) is 12.4 Å². The fourth-order valence-electron chi connectivity index (χ4n) is 1.77. The average Bonchev–Trinajstić information content (AvgIpc) is 2.35. The van der Waals surface area contributed by atoms with Gasteiger partial charge in [0.2, 0.25) is 0 Å². The molecule has 0 aliphatic rings. The molecule has 0 heterocycles. The second-order valence-corrected chi connectivity index (χ2v) is 4.60. The predicted octanol–water partition coefficient (Wildman–Crippen LogP) is 2.51. The number of nitrogens with one attached hydrogen (secondary N) is 1. The highest BCUT2D eigenvalue weighted by Gasteiger charge is 2.24. The summed E-state index contributed by atoms with van der Waals surface area (Å²) in [5, 5.41) is 13.9. The first-order valence-electron chi connectivity index (χ1n) is 5.96. The number of carbonyl (C=O) groups is 1. The Hall–Kier alpha value is -2.11. The van der Waals surface area contributed by atoms with Crippen molar-refractivity contribution in [1.82, 2.24) is 0 Å². The van der Waals surface area contributed by atoms with Crippen molar-refractivity contribution in [2.45, 2.75) is 26.8 Å². The lowest BCUT2D eigenvalue weighted by atomic mass is 10.0. The van der Waals surface area contributed by atoms with Gasteiger partial charge in [0.15, 0.2) is 0 Å². The number of benzene rings is 1. The van der Waals surface area contributed by atoms with E-state index in [0.29, 0.717) is 11.3 Å². The third kappa shape index (κ3) is 3.43. The first-order valence-corrected chi connectivity index (χ1v) is 5.96. The minimum atomic E-state index is -0.536. The summed E-state index contributed by atoms with van der Waals surface area (Å²) in [4.78, 5) is 22.1. The molecule has 6 heteroatoms. The first kappa shape index (κ1) is 14.9. The Morgan fingerprint density at radius 1 is 1.42 bits per heavy atom. The summed E-state index contributed by atoms with van der Waals surface area (Å²) >= 11 is 0. The number of methoxy groups -OCH3 is 1. The van der Waals surface area contributed by atoms with Crippen molar-refractivity contribution in [3.63, 3.8) is 0 Å². The molecule has 6 nitrogen and oxygen atoms in total. The van der Waals surface area contributed by atoms with Crippen LogP contribution < -0.4 is 5.32 Å². The number of hydrogen-bond acceptors (Lipinski definition) is 5. The van der Waals surface area contributed by atoms with E-state index < -0.39 is 11.0 Å². The number of nitrogens with zero attached hydrogens (tertiary/aromatic N) is 1. The smallest absolute Gasteiger partial charge is 0.328 e. The van der Waals surface area contributed by atoms with Crippen LogP contribution in [0, 0.1) is 23.0 Å². The maximum atomic E-state index is 11.7. The van der Waals surface area contributed by atoms with Crippen LogP contribution >= 0.6 is 0 Å². The summed E-state index contributed by atoms with van der Waals surface area (Å²) in [6.45, 7) is 5.40. The molecule has 1 aromatic rings. The molecule has 104 valence electrons. The van der Waals surface area contributed by atoms with Gasteiger partial charge in [-0.05, 0) is 18.9 Å². The summed E-state index contributed by atoms with van der Waals surface area (Å²) in [6, 6.07) is 4.19. The van der Waals surface area contributed by atoms with E-state index in [-0.39, 0.29) is 17.6 Å². The van der Waals surface area contributed by atoms with Gasteiger partial charge in [0.05, 0.1) is 12.0 Å². The summed E-state index contributed by atoms with van der Waals surface area (Å²) in [7, 11) is 1.32. The van der Waals surface area contributed by atoms with E-state index in [2.05, 4.69) is 5.32 Å². The zero-order chi connectivity index (χ0) is 14.6. The number of esters is 1. The number of rotatable bonds is 5. The predicted molar refractivity (Wildman–Crippen MR) is 72.1 cm³/mol. The summed E-state index contributed by atoms with van der Waals surface area (Å²) < 4.78 is 4.73. The molecule has 0 fully saturated rings. The molecule has 0 aliphatic heterocycles. The number of nitro benzene ring substituents is 1. The lowest BCUT2D eigenvalue weighted by Gasteiger charge is -2.21. The zero-order valence-electron chi connectivity index (χ0n) is 11.5. The van der Waals surface area contributed by atoms with Crippen LogP contribution in [0.25, 0.3) is 0 Å². The van der Waals surface area contributed by atoms with Crippen molar-refractivity contribution in [1.29, 1.82) is 0 Å². The minimum Gasteiger partial charge on any atom is -0.467 e. The van der Waals surface area contributed by atoms with Crippen molar-refractivity contribution < 1.29 is 14.5 Å². The number of anilines is 1. The maximum absolute atomic E-state index is 11.7. The van der Waals surface area contributed by atoms with Crippen molar-refractivity contribution in [3.05, 3.63) is 33.9 Å². The topological polar surface area (TPSA) is 81.5 Å². The van der Waals surface area contributed by atoms with Gasteiger partial charge in [-0.2, -0.15) is 0 Å². The quantitative estimate of drug-likeness (QED) is 0.503. The molecule has 1 aromatic carbocycles. The van der Waals surface area contributed by atoms with Crippen molar-refractivity contribution in [2.24, 2.45) is 5.92 Å². The van der Waals surface area contributed by atoms with Gasteiger partial charge in [-0.25, -0.2) is 4.79 Å². The van der Waals surface area contributed by atoms with E-state index in [1.54, 1.807) is 19.1 Å². The minimum absolute atomic E-state index is 0.00566. The van der Waals surface area contributed by atoms with E-state index in [4.69, 9.17) is 4.74 Å². The lowest BCUT2D eigenvalue weighted by molar-refractivity contribution is -0.385. The lowest BCUT2D eigenvalue weighted by Crippen LogP contribution is -2.35. The van der Waals surface area contributed by atoms with Crippen LogP contribution in [-0.2, 0) is 9.53 Å². The van der Waals surface area contributed by atoms with Crippen LogP contribution in [0.5, 0.6) is 0 Å². The molecule has 1 N–H and O–H groups in total. The monoisotopic (exact) mass is 266 g/mol. The summed E-state index contributed by atoms with van der Waals surface area (Å²) in [5.41, 5.74) is 1.10. The van der Waals surface area contributed by atoms with Crippen LogP contribution in [-0.4, -0.2) is 24.0 Å². The fraction of sp³-hybridized carbons (Fsp3) is 0.462. The Labute approximate surface area is 111 Å². The van der Waals surface area contributed by atoms with Gasteiger partial charge in [0.1, 0.15) is 6.04 Å². The van der Waals surface area contributed by atoms with Gasteiger partial charge in [0.25, 0.3) is 5.69 Å². The van der Waals surface area contributed by atoms with Crippen LogP contribution in [0.3, 0.4) is 0 Å². The molecule has 1 rings (SSSR count). The Bertz CT molecular complexity index is 486. The van der Waals surface area contributed by atoms with E-state index in [1.165, 1.54) is 13.2 Å². The molecule has 0 radical (unpaired) electrons. The van der Waals surface area contributed by atoms with Crippen molar-refractivity contribution in [3.8, 4) is 0 Å². The van der Waals surface area contributed by atoms with Crippen LogP contribution in [0.4, 0.5) is 11.4 Å². The molecular weight excluding hydrogens is 248 g/mol. The molecular formula is C13H18N2O4. The largest absolute Gasteiger partial charge is 0.467 e. The van der Waals surface area contributed by atoms with Gasteiger partial charge in [0, 0.05) is 17.3 Å². The Morgan fingerprint density at radius 3 is 2.53 bits per heavy atom. The molecule has 0 aromatic heterocycles. The Kier molecular flexibility index (Phi) is 4.86. The Morgan fingerprint density at radius 2 is 2.05 bits per heavy atom. The highest BCUT2D eigenvalue weighted by molar-refractivity contribution is 5.80. The van der Waals surface area contributed by atoms with E-state index in [9.17, 15) is 14.9 Å². The second-order valence-electron chi connectivity index (χ2n) is 4.60. The molecule has 0 saturated carbocycles. The molecule has 0 spiro atoms. The third-order valence-corrected chi connectivity index (χ3v) is 2.93. The zero-order valence-corrected chi connectivity index (χ0v) is 11.5. The Balaban J connectivity index is 3.07. The van der Waals surface area contributed by atoms with Crippen molar-refractivity contribution >= 4 is 17.3 Å². The number of carbonyl (C=O) groups excluding carboxylic acids is 1. The standard InChI is InChI=1S/C13H18N2O4/c1-8(2)12(13(16)19-4)14-10-6-5-7-11(9(10)3)15(17)18/h5-8,12,14H,1-4H3. The van der Waals surface area contributed by atoms with E-state index >= 15 is 0 Å². The molecule has 1 unspecified atom stereocenters. The normalized spacial score (nSPS) is 12.1. The fourth-order valence-corrected chi connectivity index (χ4v) is 1.77. The molecule has 0 bridgehead atoms. The molecule has 0 amide bonds. The molecule has 0 aliphatic carbocycles. The second kappa shape index (κ2) is 6.17.